The second-order valence-electron chi connectivity index (χ2n) is 7.56. The van der Waals surface area contributed by atoms with E-state index in [2.05, 4.69) is 10.6 Å². The molecule has 2 heterocycles. The molecule has 0 saturated carbocycles. The summed E-state index contributed by atoms with van der Waals surface area (Å²) in [6.45, 7) is -0.116. The Bertz CT molecular complexity index is 969. The number of amides is 2. The highest BCUT2D eigenvalue weighted by Gasteiger charge is 2.45. The van der Waals surface area contributed by atoms with Crippen LogP contribution in [0.1, 0.15) is 11.1 Å². The van der Waals surface area contributed by atoms with Crippen LogP contribution < -0.4 is 10.6 Å². The van der Waals surface area contributed by atoms with Gasteiger partial charge in [0.15, 0.2) is 0 Å². The third-order valence-electron chi connectivity index (χ3n) is 5.71. The number of urea groups is 1. The minimum atomic E-state index is -1.29. The Hall–Kier alpha value is -2.84. The minimum Gasteiger partial charge on any atom is -0.393 e. The van der Waals surface area contributed by atoms with Gasteiger partial charge in [-0.1, -0.05) is 30.3 Å². The molecule has 3 N–H and O–H groups in total. The third-order valence-corrected chi connectivity index (χ3v) is 5.71. The minimum absolute atomic E-state index is 0.0185. The van der Waals surface area contributed by atoms with Crippen LogP contribution in [0.4, 0.5) is 18.0 Å². The third kappa shape index (κ3) is 3.57. The number of halogens is 3. The lowest BCUT2D eigenvalue weighted by Crippen LogP contribution is -2.55. The van der Waals surface area contributed by atoms with Crippen LogP contribution in [0.3, 0.4) is 0 Å². The maximum absolute atomic E-state index is 14.4. The number of hydrogen-bond donors (Lipinski definition) is 3. The highest BCUT2D eigenvalue weighted by Crippen LogP contribution is 2.40. The van der Waals surface area contributed by atoms with E-state index in [1.807, 2.05) is 0 Å². The van der Waals surface area contributed by atoms with Gasteiger partial charge in [0.25, 0.3) is 0 Å². The van der Waals surface area contributed by atoms with Crippen molar-refractivity contribution in [3.63, 3.8) is 0 Å². The van der Waals surface area contributed by atoms with Crippen molar-refractivity contribution in [3.05, 3.63) is 77.4 Å². The molecular formula is C22H22F3N3O2. The largest absolute Gasteiger partial charge is 0.393 e. The van der Waals surface area contributed by atoms with E-state index in [1.54, 1.807) is 36.4 Å². The quantitative estimate of drug-likeness (QED) is 0.717. The number of alkyl halides is 1. The van der Waals surface area contributed by atoms with Crippen LogP contribution in [0.25, 0.3) is 5.57 Å². The number of carbonyl (C=O) groups excluding carboxylic acids is 1. The van der Waals surface area contributed by atoms with Crippen LogP contribution in [0.15, 0.2) is 54.6 Å². The fraction of sp³-hybridized carbons (Fsp3) is 0.318. The molecule has 0 spiro atoms. The highest BCUT2D eigenvalue weighted by atomic mass is 19.1. The van der Waals surface area contributed by atoms with Gasteiger partial charge in [0.05, 0.1) is 12.6 Å². The molecule has 158 valence electrons. The molecule has 30 heavy (non-hydrogen) atoms. The molecule has 2 aromatic carbocycles. The summed E-state index contributed by atoms with van der Waals surface area (Å²) in [5.41, 5.74) is -0.306. The summed E-state index contributed by atoms with van der Waals surface area (Å²) in [6, 6.07) is 10.6. The second-order valence-corrected chi connectivity index (χ2v) is 7.56. The first-order chi connectivity index (χ1) is 14.4. The fourth-order valence-electron chi connectivity index (χ4n) is 4.10. The molecule has 2 aliphatic rings. The van der Waals surface area contributed by atoms with E-state index >= 15 is 0 Å². The van der Waals surface area contributed by atoms with Gasteiger partial charge >= 0.3 is 6.03 Å². The zero-order chi connectivity index (χ0) is 21.3. The van der Waals surface area contributed by atoms with Gasteiger partial charge < -0.3 is 20.6 Å². The Morgan fingerprint density at radius 3 is 2.63 bits per heavy atom. The van der Waals surface area contributed by atoms with E-state index in [0.29, 0.717) is 11.1 Å². The topological polar surface area (TPSA) is 64.6 Å². The van der Waals surface area contributed by atoms with Gasteiger partial charge in [0, 0.05) is 25.2 Å². The maximum atomic E-state index is 14.4. The Morgan fingerprint density at radius 1 is 1.20 bits per heavy atom. The summed E-state index contributed by atoms with van der Waals surface area (Å²) < 4.78 is 42.2. The Balaban J connectivity index is 1.75. The van der Waals surface area contributed by atoms with Gasteiger partial charge in [0.1, 0.15) is 23.3 Å². The standard InChI is InChI=1S/C22H22F3N3O2/c23-16-6-7-18(24)17(8-16)14-9-22(13-29,15-4-2-1-3-5-15)28(12-14)21(30)27-20-11-26-10-19(20)25/h1-9,19-20,26,29H,10-13H2,(H,27,30)/t19-,20-,22+/m0/s1. The lowest BCUT2D eigenvalue weighted by atomic mass is 9.89. The first-order valence-electron chi connectivity index (χ1n) is 9.71. The molecule has 2 amide bonds. The van der Waals surface area contributed by atoms with Crippen molar-refractivity contribution in [1.82, 2.24) is 15.5 Å². The van der Waals surface area contributed by atoms with Crippen molar-refractivity contribution in [2.24, 2.45) is 0 Å². The molecule has 0 radical (unpaired) electrons. The van der Waals surface area contributed by atoms with E-state index in [1.165, 1.54) is 4.90 Å². The average molecular weight is 417 g/mol. The van der Waals surface area contributed by atoms with Crippen LogP contribution in [-0.4, -0.2) is 54.5 Å². The van der Waals surface area contributed by atoms with Gasteiger partial charge in [-0.25, -0.2) is 18.0 Å². The zero-order valence-electron chi connectivity index (χ0n) is 16.1. The first-order valence-corrected chi connectivity index (χ1v) is 9.71. The summed E-state index contributed by atoms with van der Waals surface area (Å²) in [7, 11) is 0. The number of benzene rings is 2. The monoisotopic (exact) mass is 417 g/mol. The number of nitrogens with zero attached hydrogens (tertiary/aromatic N) is 1. The van der Waals surface area contributed by atoms with Crippen LogP contribution in [0, 0.1) is 11.6 Å². The van der Waals surface area contributed by atoms with Crippen LogP contribution in [-0.2, 0) is 5.54 Å². The van der Waals surface area contributed by atoms with Crippen molar-refractivity contribution in [1.29, 1.82) is 0 Å². The number of nitrogens with one attached hydrogen (secondary N) is 2. The number of hydrogen-bond acceptors (Lipinski definition) is 3. The molecule has 4 rings (SSSR count). The Kier molecular flexibility index (Phi) is 5.53. The molecular weight excluding hydrogens is 395 g/mol. The fourth-order valence-corrected chi connectivity index (χ4v) is 4.10. The summed E-state index contributed by atoms with van der Waals surface area (Å²) in [5, 5.41) is 15.9. The van der Waals surface area contributed by atoms with E-state index in [9.17, 15) is 23.1 Å². The summed E-state index contributed by atoms with van der Waals surface area (Å²) >= 11 is 0. The smallest absolute Gasteiger partial charge is 0.319 e. The number of aliphatic hydroxyl groups excluding tert-OH is 1. The van der Waals surface area contributed by atoms with Gasteiger partial charge in [-0.2, -0.15) is 0 Å². The molecule has 1 fully saturated rings. The molecule has 0 unspecified atom stereocenters. The van der Waals surface area contributed by atoms with Crippen molar-refractivity contribution in [3.8, 4) is 0 Å². The van der Waals surface area contributed by atoms with E-state index in [0.717, 1.165) is 18.2 Å². The SMILES string of the molecule is O=C(N[C@H]1CNC[C@@H]1F)N1CC(c2cc(F)ccc2F)=C[C@@]1(CO)c1ccccc1. The maximum Gasteiger partial charge on any atom is 0.319 e. The Morgan fingerprint density at radius 2 is 1.97 bits per heavy atom. The van der Waals surface area contributed by atoms with Crippen molar-refractivity contribution in [2.75, 3.05) is 26.2 Å². The summed E-state index contributed by atoms with van der Waals surface area (Å²) in [5.74, 6) is -1.24. The van der Waals surface area contributed by atoms with Crippen molar-refractivity contribution in [2.45, 2.75) is 17.8 Å². The summed E-state index contributed by atoms with van der Waals surface area (Å²) in [4.78, 5) is 14.5. The molecule has 2 aliphatic heterocycles. The van der Waals surface area contributed by atoms with Gasteiger partial charge in [-0.05, 0) is 35.4 Å². The lowest BCUT2D eigenvalue weighted by Gasteiger charge is -2.37. The highest BCUT2D eigenvalue weighted by molar-refractivity contribution is 5.83. The predicted molar refractivity (Wildman–Crippen MR) is 106 cm³/mol. The number of carbonyl (C=O) groups is 1. The molecule has 1 saturated heterocycles. The molecule has 3 atom stereocenters. The number of rotatable bonds is 4. The van der Waals surface area contributed by atoms with E-state index in [-0.39, 0.29) is 25.2 Å². The first kappa shape index (κ1) is 20.4. The van der Waals surface area contributed by atoms with E-state index in [4.69, 9.17) is 0 Å². The molecule has 0 aromatic heterocycles. The van der Waals surface area contributed by atoms with Gasteiger partial charge in [-0.15, -0.1) is 0 Å². The normalized spacial score (nSPS) is 26.0. The molecule has 8 heteroatoms. The van der Waals surface area contributed by atoms with Crippen LogP contribution in [0.5, 0.6) is 0 Å². The zero-order valence-corrected chi connectivity index (χ0v) is 16.1. The second kappa shape index (κ2) is 8.12. The molecule has 0 aliphatic carbocycles. The van der Waals surface area contributed by atoms with Crippen molar-refractivity contribution < 1.29 is 23.1 Å². The van der Waals surface area contributed by atoms with Crippen LogP contribution in [0.2, 0.25) is 0 Å². The van der Waals surface area contributed by atoms with Crippen LogP contribution >= 0.6 is 0 Å². The molecule has 5 nitrogen and oxygen atoms in total. The van der Waals surface area contributed by atoms with Crippen molar-refractivity contribution >= 4 is 11.6 Å². The average Bonchev–Trinajstić information content (AvgIpc) is 3.35. The Labute approximate surface area is 172 Å². The van der Waals surface area contributed by atoms with E-state index < -0.39 is 42.0 Å². The molecule has 2 aromatic rings. The summed E-state index contributed by atoms with van der Waals surface area (Å²) in [6.07, 6.45) is 0.351. The lowest BCUT2D eigenvalue weighted by molar-refractivity contribution is 0.101. The predicted octanol–water partition coefficient (Wildman–Crippen LogP) is 2.57. The molecule has 0 bridgehead atoms. The number of aliphatic hydroxyl groups is 1. The van der Waals surface area contributed by atoms with Gasteiger partial charge in [-0.3, -0.25) is 0 Å². The van der Waals surface area contributed by atoms with Gasteiger partial charge in [0.2, 0.25) is 0 Å².